The number of nitrogens with one attached hydrogen (secondary N) is 2. The fraction of sp³-hybridized carbons (Fsp3) is 0.917. The molecule has 0 bridgehead atoms. The van der Waals surface area contributed by atoms with E-state index in [4.69, 9.17) is 0 Å². The standard InChI is InChI=1S/C12H26N4O.2ClH/c1-11(2)15(3)10-12(17)14-6-9-16-7-4-13-5-8-16;;/h11,13H,4-10H2,1-3H3,(H,14,17);2*1H. The van der Waals surface area contributed by atoms with E-state index < -0.39 is 0 Å². The molecule has 1 aliphatic heterocycles. The average Bonchev–Trinajstić information content (AvgIpc) is 2.30. The average molecular weight is 315 g/mol. The van der Waals surface area contributed by atoms with Crippen molar-refractivity contribution in [1.82, 2.24) is 20.4 Å². The first-order valence-corrected chi connectivity index (χ1v) is 6.49. The summed E-state index contributed by atoms with van der Waals surface area (Å²) in [5.41, 5.74) is 0. The third kappa shape index (κ3) is 9.46. The number of amides is 1. The summed E-state index contributed by atoms with van der Waals surface area (Å²) in [5, 5.41) is 6.29. The second kappa shape index (κ2) is 11.7. The smallest absolute Gasteiger partial charge is 0.234 e. The summed E-state index contributed by atoms with van der Waals surface area (Å²) >= 11 is 0. The molecule has 19 heavy (non-hydrogen) atoms. The topological polar surface area (TPSA) is 47.6 Å². The number of nitrogens with zero attached hydrogens (tertiary/aromatic N) is 2. The Kier molecular flexibility index (Phi) is 13.1. The van der Waals surface area contributed by atoms with Crippen LogP contribution in [-0.2, 0) is 4.79 Å². The molecule has 0 aliphatic carbocycles. The second-order valence-corrected chi connectivity index (χ2v) is 4.95. The molecule has 2 N–H and O–H groups in total. The lowest BCUT2D eigenvalue weighted by atomic mass is 10.3. The first-order valence-electron chi connectivity index (χ1n) is 6.49. The molecule has 1 amide bonds. The predicted octanol–water partition coefficient (Wildman–Crippen LogP) is 0.192. The lowest BCUT2D eigenvalue weighted by Gasteiger charge is -2.27. The number of carbonyl (C=O) groups excluding carboxylic acids is 1. The summed E-state index contributed by atoms with van der Waals surface area (Å²) in [5.74, 6) is 0.122. The quantitative estimate of drug-likeness (QED) is 0.735. The summed E-state index contributed by atoms with van der Waals surface area (Å²) in [6.07, 6.45) is 0. The van der Waals surface area contributed by atoms with Crippen LogP contribution in [0.4, 0.5) is 0 Å². The van der Waals surface area contributed by atoms with Gasteiger partial charge in [-0.25, -0.2) is 0 Å². The van der Waals surface area contributed by atoms with Crippen molar-refractivity contribution in [3.63, 3.8) is 0 Å². The lowest BCUT2D eigenvalue weighted by molar-refractivity contribution is -0.122. The van der Waals surface area contributed by atoms with E-state index in [1.807, 2.05) is 11.9 Å². The molecule has 1 saturated heterocycles. The number of halogens is 2. The minimum atomic E-state index is 0. The highest BCUT2D eigenvalue weighted by molar-refractivity contribution is 5.85. The molecule has 0 unspecified atom stereocenters. The van der Waals surface area contributed by atoms with Gasteiger partial charge in [-0.2, -0.15) is 0 Å². The van der Waals surface area contributed by atoms with E-state index >= 15 is 0 Å². The van der Waals surface area contributed by atoms with Gasteiger partial charge in [0.15, 0.2) is 0 Å². The number of rotatable bonds is 6. The Balaban J connectivity index is 0. The monoisotopic (exact) mass is 314 g/mol. The molecule has 0 aromatic heterocycles. The number of carbonyl (C=O) groups is 1. The Labute approximate surface area is 129 Å². The second-order valence-electron chi connectivity index (χ2n) is 4.95. The van der Waals surface area contributed by atoms with Crippen LogP contribution < -0.4 is 10.6 Å². The van der Waals surface area contributed by atoms with Crippen LogP contribution >= 0.6 is 24.8 Å². The van der Waals surface area contributed by atoms with E-state index in [0.717, 1.165) is 39.3 Å². The van der Waals surface area contributed by atoms with E-state index in [2.05, 4.69) is 29.4 Å². The van der Waals surface area contributed by atoms with Crippen molar-refractivity contribution >= 4 is 30.7 Å². The van der Waals surface area contributed by atoms with E-state index in [1.54, 1.807) is 0 Å². The van der Waals surface area contributed by atoms with E-state index in [-0.39, 0.29) is 30.7 Å². The van der Waals surface area contributed by atoms with Crippen LogP contribution in [0.5, 0.6) is 0 Å². The van der Waals surface area contributed by atoms with Crippen LogP contribution in [0.2, 0.25) is 0 Å². The highest BCUT2D eigenvalue weighted by Crippen LogP contribution is 1.92. The number of likely N-dealkylation sites (N-methyl/N-ethyl adjacent to an activating group) is 1. The predicted molar refractivity (Wildman–Crippen MR) is 84.6 cm³/mol. The Morgan fingerprint density at radius 1 is 1.32 bits per heavy atom. The van der Waals surface area contributed by atoms with Gasteiger partial charge in [0.05, 0.1) is 6.54 Å². The van der Waals surface area contributed by atoms with E-state index in [0.29, 0.717) is 12.6 Å². The summed E-state index contributed by atoms with van der Waals surface area (Å²) in [7, 11) is 1.97. The molecular weight excluding hydrogens is 287 g/mol. The minimum Gasteiger partial charge on any atom is -0.354 e. The van der Waals surface area contributed by atoms with Crippen LogP contribution in [0.1, 0.15) is 13.8 Å². The van der Waals surface area contributed by atoms with Gasteiger partial charge in [-0.05, 0) is 20.9 Å². The Morgan fingerprint density at radius 3 is 2.42 bits per heavy atom. The first-order chi connectivity index (χ1) is 8.09. The highest BCUT2D eigenvalue weighted by Gasteiger charge is 2.11. The zero-order valence-corrected chi connectivity index (χ0v) is 13.8. The molecule has 0 radical (unpaired) electrons. The van der Waals surface area contributed by atoms with Gasteiger partial charge in [0, 0.05) is 45.3 Å². The SMILES string of the molecule is CC(C)N(C)CC(=O)NCCN1CCNCC1.Cl.Cl. The largest absolute Gasteiger partial charge is 0.354 e. The van der Waals surface area contributed by atoms with Gasteiger partial charge < -0.3 is 10.6 Å². The lowest BCUT2D eigenvalue weighted by Crippen LogP contribution is -2.47. The molecule has 0 aromatic rings. The maximum Gasteiger partial charge on any atom is 0.234 e. The maximum atomic E-state index is 11.6. The van der Waals surface area contributed by atoms with Crippen molar-refractivity contribution in [3.05, 3.63) is 0 Å². The Bertz CT molecular complexity index is 236. The Hall–Kier alpha value is -0.0700. The summed E-state index contributed by atoms with van der Waals surface area (Å²) in [6, 6.07) is 0.411. The van der Waals surface area contributed by atoms with Crippen LogP contribution in [0, 0.1) is 0 Å². The third-order valence-corrected chi connectivity index (χ3v) is 3.23. The molecule has 1 rings (SSSR count). The number of hydrogen-bond donors (Lipinski definition) is 2. The number of piperazine rings is 1. The molecule has 7 heteroatoms. The Morgan fingerprint density at radius 2 is 1.89 bits per heavy atom. The van der Waals surface area contributed by atoms with Crippen molar-refractivity contribution in [2.24, 2.45) is 0 Å². The molecule has 116 valence electrons. The van der Waals surface area contributed by atoms with Crippen LogP contribution in [0.15, 0.2) is 0 Å². The van der Waals surface area contributed by atoms with Crippen LogP contribution in [-0.4, -0.2) is 74.6 Å². The number of hydrogen-bond acceptors (Lipinski definition) is 4. The van der Waals surface area contributed by atoms with Gasteiger partial charge in [0.2, 0.25) is 5.91 Å². The normalized spacial score (nSPS) is 15.8. The minimum absolute atomic E-state index is 0. The molecule has 1 heterocycles. The van der Waals surface area contributed by atoms with Crippen molar-refractivity contribution in [1.29, 1.82) is 0 Å². The fourth-order valence-corrected chi connectivity index (χ4v) is 1.75. The van der Waals surface area contributed by atoms with Gasteiger partial charge in [0.1, 0.15) is 0 Å². The summed E-state index contributed by atoms with van der Waals surface area (Å²) in [6.45, 7) is 10.7. The maximum absolute atomic E-state index is 11.6. The molecule has 5 nitrogen and oxygen atoms in total. The zero-order chi connectivity index (χ0) is 12.7. The van der Waals surface area contributed by atoms with Crippen molar-refractivity contribution in [2.75, 3.05) is 52.9 Å². The van der Waals surface area contributed by atoms with Crippen molar-refractivity contribution < 1.29 is 4.79 Å². The highest BCUT2D eigenvalue weighted by atomic mass is 35.5. The fourth-order valence-electron chi connectivity index (χ4n) is 1.75. The molecule has 0 aromatic carbocycles. The molecule has 1 aliphatic rings. The molecule has 0 spiro atoms. The third-order valence-electron chi connectivity index (χ3n) is 3.23. The summed E-state index contributed by atoms with van der Waals surface area (Å²) < 4.78 is 0. The molecule has 0 atom stereocenters. The van der Waals surface area contributed by atoms with Gasteiger partial charge in [-0.1, -0.05) is 0 Å². The molecule has 0 saturated carbocycles. The van der Waals surface area contributed by atoms with Gasteiger partial charge in [-0.15, -0.1) is 24.8 Å². The van der Waals surface area contributed by atoms with E-state index in [9.17, 15) is 4.79 Å². The molecular formula is C12H28Cl2N4O. The van der Waals surface area contributed by atoms with Crippen LogP contribution in [0.25, 0.3) is 0 Å². The van der Waals surface area contributed by atoms with Crippen molar-refractivity contribution in [2.45, 2.75) is 19.9 Å². The zero-order valence-electron chi connectivity index (χ0n) is 12.1. The van der Waals surface area contributed by atoms with Gasteiger partial charge >= 0.3 is 0 Å². The van der Waals surface area contributed by atoms with Gasteiger partial charge in [0.25, 0.3) is 0 Å². The summed E-state index contributed by atoms with van der Waals surface area (Å²) in [4.78, 5) is 16.0. The van der Waals surface area contributed by atoms with Crippen LogP contribution in [0.3, 0.4) is 0 Å². The first kappa shape index (κ1) is 21.2. The van der Waals surface area contributed by atoms with E-state index in [1.165, 1.54) is 0 Å². The molecule has 1 fully saturated rings. The van der Waals surface area contributed by atoms with Crippen molar-refractivity contribution in [3.8, 4) is 0 Å². The van der Waals surface area contributed by atoms with Gasteiger partial charge in [-0.3, -0.25) is 14.6 Å².